The van der Waals surface area contributed by atoms with Crippen LogP contribution in [0.15, 0.2) is 121 Å². The lowest BCUT2D eigenvalue weighted by molar-refractivity contribution is -0.119. The maximum atomic E-state index is 14.1. The molecule has 0 radical (unpaired) electrons. The van der Waals surface area contributed by atoms with Crippen LogP contribution in [0, 0.1) is 0 Å². The number of hydrogen-bond acceptors (Lipinski definition) is 2. The van der Waals surface area contributed by atoms with Crippen LogP contribution < -0.4 is 21.2 Å². The summed E-state index contributed by atoms with van der Waals surface area (Å²) in [7, 11) is -2.62. The first-order chi connectivity index (χ1) is 15.6. The van der Waals surface area contributed by atoms with Gasteiger partial charge in [-0.25, -0.2) is 0 Å². The Kier molecular flexibility index (Phi) is 6.58. The molecule has 1 atom stereocenters. The van der Waals surface area contributed by atoms with Crippen molar-refractivity contribution in [3.63, 3.8) is 0 Å². The molecule has 1 N–H and O–H groups in total. The first-order valence-corrected chi connectivity index (χ1v) is 12.4. The molecule has 0 aliphatic rings. The molecule has 0 spiro atoms. The van der Waals surface area contributed by atoms with E-state index in [1.54, 1.807) is 0 Å². The molecule has 3 nitrogen and oxygen atoms in total. The Morgan fingerprint density at radius 2 is 0.938 bits per heavy atom. The SMILES string of the molecule is CC(=O)N[C@@H](C(=O)c1ccccc1)[P+](c1ccccc1)(c1ccccc1)c1ccccc1. The summed E-state index contributed by atoms with van der Waals surface area (Å²) in [6.07, 6.45) is 0. The largest absolute Gasteiger partial charge is 0.314 e. The molecule has 0 unspecified atom stereocenters. The number of carbonyl (C=O) groups is 2. The number of amides is 1. The summed E-state index contributed by atoms with van der Waals surface area (Å²) in [5.74, 6) is -1.06. The Labute approximate surface area is 189 Å². The minimum atomic E-state index is -2.62. The van der Waals surface area contributed by atoms with Gasteiger partial charge in [-0.3, -0.25) is 9.59 Å². The van der Waals surface area contributed by atoms with Gasteiger partial charge in [-0.15, -0.1) is 0 Å². The lowest BCUT2D eigenvalue weighted by Crippen LogP contribution is -2.51. The summed E-state index contributed by atoms with van der Waals surface area (Å²) in [6.45, 7) is 1.47. The highest BCUT2D eigenvalue weighted by Crippen LogP contribution is 2.59. The van der Waals surface area contributed by atoms with Gasteiger partial charge in [-0.05, 0) is 36.4 Å². The summed E-state index contributed by atoms with van der Waals surface area (Å²) in [5.41, 5.74) is 0.582. The predicted octanol–water partition coefficient (Wildman–Crippen LogP) is 4.33. The van der Waals surface area contributed by atoms with Crippen molar-refractivity contribution in [2.75, 3.05) is 0 Å². The molecular formula is C28H25NO2P+. The molecule has 0 heterocycles. The second kappa shape index (κ2) is 9.72. The average molecular weight is 438 g/mol. The van der Waals surface area contributed by atoms with E-state index in [0.29, 0.717) is 5.56 Å². The highest BCUT2D eigenvalue weighted by molar-refractivity contribution is 7.96. The van der Waals surface area contributed by atoms with Crippen LogP contribution in [0.3, 0.4) is 0 Å². The lowest BCUT2D eigenvalue weighted by Gasteiger charge is -2.34. The molecule has 4 aromatic carbocycles. The molecule has 0 aromatic heterocycles. The molecule has 4 rings (SSSR count). The van der Waals surface area contributed by atoms with Crippen molar-refractivity contribution < 1.29 is 9.59 Å². The third kappa shape index (κ3) is 4.12. The van der Waals surface area contributed by atoms with Crippen molar-refractivity contribution >= 4 is 34.9 Å². The zero-order chi connectivity index (χ0) is 22.4. The summed E-state index contributed by atoms with van der Waals surface area (Å²) < 4.78 is 0. The summed E-state index contributed by atoms with van der Waals surface area (Å²) in [4.78, 5) is 26.5. The number of benzene rings is 4. The molecule has 4 aromatic rings. The van der Waals surface area contributed by atoms with Gasteiger partial charge in [0.15, 0.2) is 0 Å². The lowest BCUT2D eigenvalue weighted by atomic mass is 10.1. The fourth-order valence-corrected chi connectivity index (χ4v) is 8.77. The van der Waals surface area contributed by atoms with Crippen LogP contribution in [0.5, 0.6) is 0 Å². The topological polar surface area (TPSA) is 46.2 Å². The van der Waals surface area contributed by atoms with E-state index in [9.17, 15) is 9.59 Å². The van der Waals surface area contributed by atoms with Crippen LogP contribution in [0.25, 0.3) is 0 Å². The summed E-state index contributed by atoms with van der Waals surface area (Å²) in [5, 5.41) is 6.20. The second-order valence-electron chi connectivity index (χ2n) is 7.56. The molecule has 0 aliphatic carbocycles. The van der Waals surface area contributed by atoms with Crippen molar-refractivity contribution in [3.8, 4) is 0 Å². The Hall–Kier alpha value is -3.55. The van der Waals surface area contributed by atoms with Gasteiger partial charge >= 0.3 is 0 Å². The molecule has 0 saturated carbocycles. The molecule has 4 heteroatoms. The zero-order valence-electron chi connectivity index (χ0n) is 17.9. The van der Waals surface area contributed by atoms with Crippen molar-refractivity contribution in [2.24, 2.45) is 0 Å². The molecular weight excluding hydrogens is 413 g/mol. The zero-order valence-corrected chi connectivity index (χ0v) is 18.8. The van der Waals surface area contributed by atoms with E-state index >= 15 is 0 Å². The van der Waals surface area contributed by atoms with E-state index < -0.39 is 13.0 Å². The van der Waals surface area contributed by atoms with Gasteiger partial charge in [0.1, 0.15) is 23.2 Å². The van der Waals surface area contributed by atoms with Crippen molar-refractivity contribution in [3.05, 3.63) is 127 Å². The normalized spacial score (nSPS) is 12.0. The molecule has 0 fully saturated rings. The number of rotatable bonds is 7. The van der Waals surface area contributed by atoms with E-state index in [1.165, 1.54) is 6.92 Å². The van der Waals surface area contributed by atoms with E-state index in [0.717, 1.165) is 15.9 Å². The Balaban J connectivity index is 2.08. The number of ketones is 1. The van der Waals surface area contributed by atoms with E-state index in [4.69, 9.17) is 0 Å². The number of Topliss-reactive ketones (excluding diaryl/α,β-unsaturated/α-hetero) is 1. The number of carbonyl (C=O) groups excluding carboxylic acids is 2. The van der Waals surface area contributed by atoms with Crippen molar-refractivity contribution in [1.82, 2.24) is 5.32 Å². The van der Waals surface area contributed by atoms with Crippen molar-refractivity contribution in [1.29, 1.82) is 0 Å². The van der Waals surface area contributed by atoms with Gasteiger partial charge in [-0.1, -0.05) is 84.9 Å². The molecule has 0 saturated heterocycles. The smallest absolute Gasteiger partial charge is 0.224 e. The Bertz CT molecular complexity index is 1080. The van der Waals surface area contributed by atoms with Crippen LogP contribution in [0.4, 0.5) is 0 Å². The number of nitrogens with one attached hydrogen (secondary N) is 1. The number of hydrogen-bond donors (Lipinski definition) is 1. The Morgan fingerprint density at radius 1 is 0.594 bits per heavy atom. The standard InChI is InChI=1S/C28H24NO2P/c1-22(30)29-28(27(31)23-14-6-2-7-15-23)32(24-16-8-3-9-17-24,25-18-10-4-11-19-25)26-20-12-5-13-21-26/h2-21,28H,1H3/p+1/t28-/m1/s1. The van der Waals surface area contributed by atoms with Crippen LogP contribution in [0.1, 0.15) is 17.3 Å². The monoisotopic (exact) mass is 438 g/mol. The fraction of sp³-hybridized carbons (Fsp3) is 0.0714. The van der Waals surface area contributed by atoms with E-state index in [-0.39, 0.29) is 11.7 Å². The van der Waals surface area contributed by atoms with Gasteiger partial charge in [0.05, 0.1) is 0 Å². The van der Waals surface area contributed by atoms with Crippen LogP contribution >= 0.6 is 7.26 Å². The van der Waals surface area contributed by atoms with E-state index in [1.807, 2.05) is 84.9 Å². The van der Waals surface area contributed by atoms with Crippen molar-refractivity contribution in [2.45, 2.75) is 12.7 Å². The highest BCUT2D eigenvalue weighted by atomic mass is 31.2. The minimum Gasteiger partial charge on any atom is -0.314 e. The second-order valence-corrected chi connectivity index (χ2v) is 11.1. The summed E-state index contributed by atoms with van der Waals surface area (Å²) >= 11 is 0. The predicted molar refractivity (Wildman–Crippen MR) is 134 cm³/mol. The van der Waals surface area contributed by atoms with Crippen LogP contribution in [-0.4, -0.2) is 17.5 Å². The molecule has 158 valence electrons. The van der Waals surface area contributed by atoms with Gasteiger partial charge < -0.3 is 5.32 Å². The molecule has 1 amide bonds. The maximum Gasteiger partial charge on any atom is 0.224 e. The minimum absolute atomic E-state index is 0.0920. The quantitative estimate of drug-likeness (QED) is 0.345. The van der Waals surface area contributed by atoms with Gasteiger partial charge in [0.2, 0.25) is 17.5 Å². The van der Waals surface area contributed by atoms with Crippen LogP contribution in [-0.2, 0) is 4.79 Å². The molecule has 0 aliphatic heterocycles. The highest BCUT2D eigenvalue weighted by Gasteiger charge is 2.56. The summed E-state index contributed by atoms with van der Waals surface area (Å²) in [6, 6.07) is 39.5. The first kappa shape index (κ1) is 21.7. The van der Waals surface area contributed by atoms with Gasteiger partial charge in [0.25, 0.3) is 0 Å². The average Bonchev–Trinajstić information content (AvgIpc) is 2.86. The van der Waals surface area contributed by atoms with Gasteiger partial charge in [0, 0.05) is 12.5 Å². The Morgan fingerprint density at radius 3 is 1.28 bits per heavy atom. The molecule has 32 heavy (non-hydrogen) atoms. The van der Waals surface area contributed by atoms with Crippen LogP contribution in [0.2, 0.25) is 0 Å². The maximum absolute atomic E-state index is 14.1. The first-order valence-electron chi connectivity index (χ1n) is 10.6. The van der Waals surface area contributed by atoms with Gasteiger partial charge in [-0.2, -0.15) is 0 Å². The fourth-order valence-electron chi connectivity index (χ4n) is 4.17. The third-order valence-electron chi connectivity index (χ3n) is 5.52. The molecule has 0 bridgehead atoms. The van der Waals surface area contributed by atoms with E-state index in [2.05, 4.69) is 41.7 Å². The third-order valence-corrected chi connectivity index (χ3v) is 10.0.